The molecule has 0 bridgehead atoms. The molecule has 0 aliphatic rings. The van der Waals surface area contributed by atoms with E-state index in [-0.39, 0.29) is 12.1 Å². The zero-order valence-electron chi connectivity index (χ0n) is 11.4. The Labute approximate surface area is 116 Å². The summed E-state index contributed by atoms with van der Waals surface area (Å²) in [7, 11) is -4.04. The van der Waals surface area contributed by atoms with Gasteiger partial charge in [0, 0.05) is 12.1 Å². The van der Waals surface area contributed by atoms with Gasteiger partial charge in [-0.05, 0) is 38.5 Å². The highest BCUT2D eigenvalue weighted by Crippen LogP contribution is 2.31. The largest absolute Gasteiger partial charge is 0.416 e. The van der Waals surface area contributed by atoms with Crippen LogP contribution in [-0.2, 0) is 16.2 Å². The molecule has 3 N–H and O–H groups in total. The summed E-state index contributed by atoms with van der Waals surface area (Å²) in [6, 6.07) is 2.60. The first-order chi connectivity index (χ1) is 8.83. The Morgan fingerprint density at radius 3 is 2.25 bits per heavy atom. The molecule has 0 spiro atoms. The van der Waals surface area contributed by atoms with Crippen LogP contribution in [-0.4, -0.2) is 20.5 Å². The van der Waals surface area contributed by atoms with E-state index in [9.17, 15) is 21.6 Å². The van der Waals surface area contributed by atoms with E-state index < -0.39 is 32.2 Å². The third kappa shape index (κ3) is 4.46. The van der Waals surface area contributed by atoms with E-state index in [1.54, 1.807) is 13.8 Å². The molecule has 0 atom stereocenters. The molecule has 1 aromatic carbocycles. The third-order valence-corrected chi connectivity index (χ3v) is 4.07. The van der Waals surface area contributed by atoms with Gasteiger partial charge in [-0.15, -0.1) is 0 Å². The molecule has 0 radical (unpaired) electrons. The van der Waals surface area contributed by atoms with Gasteiger partial charge in [-0.25, -0.2) is 13.1 Å². The van der Waals surface area contributed by atoms with Crippen molar-refractivity contribution in [3.8, 4) is 0 Å². The molecule has 114 valence electrons. The molecule has 0 amide bonds. The molecule has 0 unspecified atom stereocenters. The number of nitrogens with one attached hydrogen (secondary N) is 1. The van der Waals surface area contributed by atoms with Gasteiger partial charge in [-0.3, -0.25) is 0 Å². The van der Waals surface area contributed by atoms with E-state index in [1.165, 1.54) is 6.92 Å². The molecule has 1 aromatic rings. The highest BCUT2D eigenvalue weighted by atomic mass is 32.2. The fraction of sp³-hybridized carbons (Fsp3) is 0.500. The maximum absolute atomic E-state index is 12.6. The Morgan fingerprint density at radius 2 is 1.80 bits per heavy atom. The fourth-order valence-corrected chi connectivity index (χ4v) is 2.92. The van der Waals surface area contributed by atoms with Crippen LogP contribution in [0.4, 0.5) is 13.2 Å². The number of aryl methyl sites for hydroxylation is 1. The van der Waals surface area contributed by atoms with Crippen molar-refractivity contribution in [3.05, 3.63) is 29.3 Å². The summed E-state index contributed by atoms with van der Waals surface area (Å²) < 4.78 is 64.2. The van der Waals surface area contributed by atoms with Crippen molar-refractivity contribution in [2.24, 2.45) is 5.73 Å². The Kier molecular flexibility index (Phi) is 4.52. The Morgan fingerprint density at radius 1 is 1.25 bits per heavy atom. The summed E-state index contributed by atoms with van der Waals surface area (Å²) in [6.45, 7) is 4.57. The Balaban J connectivity index is 3.18. The summed E-state index contributed by atoms with van der Waals surface area (Å²) in [6.07, 6.45) is -4.59. The van der Waals surface area contributed by atoms with Gasteiger partial charge in [0.25, 0.3) is 0 Å². The van der Waals surface area contributed by atoms with Crippen LogP contribution in [0.25, 0.3) is 0 Å². The number of alkyl halides is 3. The molecule has 0 aliphatic carbocycles. The van der Waals surface area contributed by atoms with Crippen LogP contribution in [0.1, 0.15) is 25.0 Å². The monoisotopic (exact) mass is 310 g/mol. The Bertz CT molecular complexity index is 590. The van der Waals surface area contributed by atoms with Crippen molar-refractivity contribution in [1.29, 1.82) is 0 Å². The van der Waals surface area contributed by atoms with Gasteiger partial charge in [0.2, 0.25) is 10.0 Å². The number of rotatable bonds is 4. The van der Waals surface area contributed by atoms with Gasteiger partial charge in [-0.1, -0.05) is 6.07 Å². The van der Waals surface area contributed by atoms with E-state index >= 15 is 0 Å². The highest BCUT2D eigenvalue weighted by Gasteiger charge is 2.32. The van der Waals surface area contributed by atoms with E-state index in [4.69, 9.17) is 5.73 Å². The van der Waals surface area contributed by atoms with E-state index in [2.05, 4.69) is 4.72 Å². The zero-order chi connectivity index (χ0) is 15.8. The Hall–Kier alpha value is -1.12. The molecule has 1 rings (SSSR count). The maximum atomic E-state index is 12.6. The first kappa shape index (κ1) is 16.9. The number of hydrogen-bond acceptors (Lipinski definition) is 3. The molecule has 0 heterocycles. The standard InChI is InChI=1S/C12H17F3N2O2S/c1-8-4-5-9(12(13,14)15)6-10(8)20(18,19)17-7-11(2,3)16/h4-6,17H,7,16H2,1-3H3. The van der Waals surface area contributed by atoms with Crippen molar-refractivity contribution < 1.29 is 21.6 Å². The minimum atomic E-state index is -4.59. The summed E-state index contributed by atoms with van der Waals surface area (Å²) in [5, 5.41) is 0. The number of hydrogen-bond donors (Lipinski definition) is 2. The predicted molar refractivity (Wildman–Crippen MR) is 69.6 cm³/mol. The lowest BCUT2D eigenvalue weighted by Gasteiger charge is -2.20. The lowest BCUT2D eigenvalue weighted by Crippen LogP contribution is -2.45. The van der Waals surface area contributed by atoms with Crippen molar-refractivity contribution in [2.45, 2.75) is 37.4 Å². The average molecular weight is 310 g/mol. The van der Waals surface area contributed by atoms with Gasteiger partial charge in [-0.2, -0.15) is 13.2 Å². The summed E-state index contributed by atoms with van der Waals surface area (Å²) in [5.41, 5.74) is 4.08. The van der Waals surface area contributed by atoms with Crippen LogP contribution in [0.3, 0.4) is 0 Å². The van der Waals surface area contributed by atoms with Gasteiger partial charge in [0.15, 0.2) is 0 Å². The van der Waals surface area contributed by atoms with Crippen molar-refractivity contribution >= 4 is 10.0 Å². The molecule has 20 heavy (non-hydrogen) atoms. The lowest BCUT2D eigenvalue weighted by atomic mass is 10.1. The van der Waals surface area contributed by atoms with Gasteiger partial charge in [0.1, 0.15) is 0 Å². The molecule has 0 saturated heterocycles. The van der Waals surface area contributed by atoms with Crippen molar-refractivity contribution in [1.82, 2.24) is 4.72 Å². The average Bonchev–Trinajstić information content (AvgIpc) is 2.24. The molecule has 0 aliphatic heterocycles. The van der Waals surface area contributed by atoms with Crippen molar-refractivity contribution in [2.75, 3.05) is 6.54 Å². The summed E-state index contributed by atoms with van der Waals surface area (Å²) in [4.78, 5) is -0.392. The first-order valence-electron chi connectivity index (χ1n) is 5.79. The van der Waals surface area contributed by atoms with Crippen LogP contribution in [0, 0.1) is 6.92 Å². The lowest BCUT2D eigenvalue weighted by molar-refractivity contribution is -0.137. The second-order valence-corrected chi connectivity index (χ2v) is 7.03. The van der Waals surface area contributed by atoms with Crippen LogP contribution in [0.2, 0.25) is 0 Å². The third-order valence-electron chi connectivity index (χ3n) is 2.52. The van der Waals surface area contributed by atoms with Gasteiger partial charge < -0.3 is 5.73 Å². The molecule has 0 aromatic heterocycles. The molecular weight excluding hydrogens is 293 g/mol. The summed E-state index contributed by atoms with van der Waals surface area (Å²) in [5.74, 6) is 0. The normalized spacial score (nSPS) is 13.6. The minimum absolute atomic E-state index is 0.0784. The SMILES string of the molecule is Cc1ccc(C(F)(F)F)cc1S(=O)(=O)NCC(C)(C)N. The number of halogens is 3. The van der Waals surface area contributed by atoms with E-state index in [0.29, 0.717) is 6.07 Å². The maximum Gasteiger partial charge on any atom is 0.416 e. The molecule has 0 fully saturated rings. The van der Waals surface area contributed by atoms with Crippen molar-refractivity contribution in [3.63, 3.8) is 0 Å². The van der Waals surface area contributed by atoms with E-state index in [0.717, 1.165) is 12.1 Å². The second-order valence-electron chi connectivity index (χ2n) is 5.29. The minimum Gasteiger partial charge on any atom is -0.324 e. The fourth-order valence-electron chi connectivity index (χ4n) is 1.42. The zero-order valence-corrected chi connectivity index (χ0v) is 12.2. The first-order valence-corrected chi connectivity index (χ1v) is 7.28. The predicted octanol–water partition coefficient (Wildman–Crippen LogP) is 2.03. The van der Waals surface area contributed by atoms with Crippen LogP contribution < -0.4 is 10.5 Å². The molecule has 8 heteroatoms. The van der Waals surface area contributed by atoms with E-state index in [1.807, 2.05) is 0 Å². The van der Waals surface area contributed by atoms with Gasteiger partial charge >= 0.3 is 6.18 Å². The van der Waals surface area contributed by atoms with Crippen LogP contribution in [0.5, 0.6) is 0 Å². The topological polar surface area (TPSA) is 72.2 Å². The quantitative estimate of drug-likeness (QED) is 0.894. The summed E-state index contributed by atoms with van der Waals surface area (Å²) >= 11 is 0. The number of benzene rings is 1. The highest BCUT2D eigenvalue weighted by molar-refractivity contribution is 7.89. The smallest absolute Gasteiger partial charge is 0.324 e. The van der Waals surface area contributed by atoms with Crippen LogP contribution >= 0.6 is 0 Å². The number of sulfonamides is 1. The van der Waals surface area contributed by atoms with Gasteiger partial charge in [0.05, 0.1) is 10.5 Å². The van der Waals surface area contributed by atoms with Crippen LogP contribution in [0.15, 0.2) is 23.1 Å². The number of nitrogens with two attached hydrogens (primary N) is 1. The second kappa shape index (κ2) is 5.34. The molecular formula is C12H17F3N2O2S. The molecule has 4 nitrogen and oxygen atoms in total. The molecule has 0 saturated carbocycles.